The Bertz CT molecular complexity index is 635. The molecular weight excluding hydrogens is 294 g/mol. The lowest BCUT2D eigenvalue weighted by Gasteiger charge is -2.21. The molecule has 2 aromatic rings. The summed E-state index contributed by atoms with van der Waals surface area (Å²) in [6.45, 7) is 1.82. The fourth-order valence-electron chi connectivity index (χ4n) is 2.54. The predicted molar refractivity (Wildman–Crippen MR) is 80.4 cm³/mol. The first kappa shape index (κ1) is 13.5. The summed E-state index contributed by atoms with van der Waals surface area (Å²) in [5.41, 5.74) is 1.89. The van der Waals surface area contributed by atoms with Crippen LogP contribution in [0.5, 0.6) is 0 Å². The van der Waals surface area contributed by atoms with Crippen LogP contribution in [-0.2, 0) is 11.2 Å². The number of halogens is 1. The zero-order valence-electron chi connectivity index (χ0n) is 11.0. The molecule has 2 heterocycles. The van der Waals surface area contributed by atoms with Gasteiger partial charge in [-0.05, 0) is 49.3 Å². The molecule has 1 aliphatic rings. The number of anilines is 1. The second-order valence-corrected chi connectivity index (χ2v) is 6.28. The second-order valence-electron chi connectivity index (χ2n) is 4.89. The van der Waals surface area contributed by atoms with E-state index in [-0.39, 0.29) is 17.8 Å². The van der Waals surface area contributed by atoms with Gasteiger partial charge in [0.2, 0.25) is 11.9 Å². The number of carbonyl (C=O) groups is 1. The number of carbonyl (C=O) groups excluding carboxylic acids is 1. The maximum absolute atomic E-state index is 12.4. The summed E-state index contributed by atoms with van der Waals surface area (Å²) in [4.78, 5) is 22.0. The molecule has 0 spiro atoms. The minimum atomic E-state index is -0.104. The number of aryl methyl sites for hydroxylation is 2. The van der Waals surface area contributed by atoms with Crippen LogP contribution in [0.15, 0.2) is 17.5 Å². The molecule has 20 heavy (non-hydrogen) atoms. The van der Waals surface area contributed by atoms with E-state index in [9.17, 15) is 4.79 Å². The fourth-order valence-corrected chi connectivity index (χ4v) is 3.77. The van der Waals surface area contributed by atoms with E-state index in [0.717, 1.165) is 30.5 Å². The number of nitrogens with zero attached hydrogens (tertiary/aromatic N) is 2. The van der Waals surface area contributed by atoms with E-state index < -0.39 is 0 Å². The van der Waals surface area contributed by atoms with Gasteiger partial charge in [0.1, 0.15) is 5.15 Å². The van der Waals surface area contributed by atoms with E-state index >= 15 is 0 Å². The van der Waals surface area contributed by atoms with Gasteiger partial charge in [0.25, 0.3) is 0 Å². The first-order valence-electron chi connectivity index (χ1n) is 6.52. The molecule has 3 rings (SSSR count). The molecule has 0 saturated heterocycles. The largest absolute Gasteiger partial charge is 0.294 e. The molecule has 2 aromatic heterocycles. The van der Waals surface area contributed by atoms with Gasteiger partial charge < -0.3 is 0 Å². The molecule has 0 saturated carbocycles. The minimum Gasteiger partial charge on any atom is -0.294 e. The predicted octanol–water partition coefficient (Wildman–Crippen LogP) is 3.56. The van der Waals surface area contributed by atoms with Gasteiger partial charge in [-0.3, -0.25) is 10.1 Å². The number of amides is 1. The smallest absolute Gasteiger partial charge is 0.234 e. The van der Waals surface area contributed by atoms with E-state index in [0.29, 0.717) is 5.15 Å². The fraction of sp³-hybridized carbons (Fsp3) is 0.357. The lowest BCUT2D eigenvalue weighted by molar-refractivity contribution is -0.117. The number of fused-ring (bicyclic) bond motifs is 1. The molecule has 1 unspecified atom stereocenters. The standard InChI is InChI=1S/C14H14ClN3OS/c1-8-7-12(15)17-14(16-8)18-13(19)10-3-2-4-11-9(10)5-6-20-11/h5-7,10H,2-4H2,1H3,(H,16,17,18,19). The molecule has 0 aromatic carbocycles. The summed E-state index contributed by atoms with van der Waals surface area (Å²) in [7, 11) is 0. The molecular formula is C14H14ClN3OS. The summed E-state index contributed by atoms with van der Waals surface area (Å²) in [5.74, 6) is 0.126. The molecule has 104 valence electrons. The van der Waals surface area contributed by atoms with Crippen molar-refractivity contribution in [1.82, 2.24) is 9.97 Å². The van der Waals surface area contributed by atoms with Crippen LogP contribution in [0.2, 0.25) is 5.15 Å². The molecule has 1 atom stereocenters. The third-order valence-corrected chi connectivity index (χ3v) is 4.62. The zero-order valence-corrected chi connectivity index (χ0v) is 12.6. The Morgan fingerprint density at radius 3 is 3.15 bits per heavy atom. The molecule has 1 aliphatic carbocycles. The van der Waals surface area contributed by atoms with Gasteiger partial charge in [0.15, 0.2) is 0 Å². The van der Waals surface area contributed by atoms with Gasteiger partial charge in [0, 0.05) is 10.6 Å². The monoisotopic (exact) mass is 307 g/mol. The van der Waals surface area contributed by atoms with Crippen molar-refractivity contribution in [1.29, 1.82) is 0 Å². The average Bonchev–Trinajstić information content (AvgIpc) is 2.85. The SMILES string of the molecule is Cc1cc(Cl)nc(NC(=O)C2CCCc3sccc32)n1. The number of hydrogen-bond donors (Lipinski definition) is 1. The van der Waals surface area contributed by atoms with Crippen LogP contribution >= 0.6 is 22.9 Å². The summed E-state index contributed by atoms with van der Waals surface area (Å²) in [6.07, 6.45) is 2.99. The van der Waals surface area contributed by atoms with Crippen molar-refractivity contribution in [3.05, 3.63) is 38.8 Å². The van der Waals surface area contributed by atoms with Crippen LogP contribution < -0.4 is 5.32 Å². The third kappa shape index (κ3) is 2.69. The van der Waals surface area contributed by atoms with Crippen molar-refractivity contribution in [3.63, 3.8) is 0 Å². The van der Waals surface area contributed by atoms with Crippen molar-refractivity contribution in [2.24, 2.45) is 0 Å². The van der Waals surface area contributed by atoms with Crippen LogP contribution in [-0.4, -0.2) is 15.9 Å². The highest BCUT2D eigenvalue weighted by Gasteiger charge is 2.27. The molecule has 1 amide bonds. The molecule has 0 bridgehead atoms. The van der Waals surface area contributed by atoms with Gasteiger partial charge in [-0.25, -0.2) is 9.97 Å². The van der Waals surface area contributed by atoms with Gasteiger partial charge in [-0.1, -0.05) is 11.6 Å². The van der Waals surface area contributed by atoms with Gasteiger partial charge in [-0.15, -0.1) is 11.3 Å². The molecule has 0 fully saturated rings. The van der Waals surface area contributed by atoms with Crippen LogP contribution in [0.3, 0.4) is 0 Å². The Labute approximate surface area is 126 Å². The van der Waals surface area contributed by atoms with E-state index in [1.165, 1.54) is 4.88 Å². The number of rotatable bonds is 2. The van der Waals surface area contributed by atoms with Crippen LogP contribution in [0.4, 0.5) is 5.95 Å². The molecule has 0 aliphatic heterocycles. The topological polar surface area (TPSA) is 54.9 Å². The molecule has 6 heteroatoms. The van der Waals surface area contributed by atoms with Crippen LogP contribution in [0.25, 0.3) is 0 Å². The number of aromatic nitrogens is 2. The second kappa shape index (κ2) is 5.50. The van der Waals surface area contributed by atoms with Crippen molar-refractivity contribution in [2.75, 3.05) is 5.32 Å². The number of nitrogens with one attached hydrogen (secondary N) is 1. The molecule has 4 nitrogen and oxygen atoms in total. The minimum absolute atomic E-state index is 0.0500. The molecule has 1 N–H and O–H groups in total. The van der Waals surface area contributed by atoms with Crippen LogP contribution in [0, 0.1) is 6.92 Å². The van der Waals surface area contributed by atoms with Gasteiger partial charge >= 0.3 is 0 Å². The average molecular weight is 308 g/mol. The van der Waals surface area contributed by atoms with Gasteiger partial charge in [0.05, 0.1) is 5.92 Å². The summed E-state index contributed by atoms with van der Waals surface area (Å²) in [6, 6.07) is 3.71. The molecule has 0 radical (unpaired) electrons. The van der Waals surface area contributed by atoms with Crippen molar-refractivity contribution in [2.45, 2.75) is 32.1 Å². The van der Waals surface area contributed by atoms with E-state index in [1.807, 2.05) is 13.0 Å². The summed E-state index contributed by atoms with van der Waals surface area (Å²) in [5, 5.41) is 5.18. The lowest BCUT2D eigenvalue weighted by Crippen LogP contribution is -2.24. The van der Waals surface area contributed by atoms with Crippen molar-refractivity contribution in [3.8, 4) is 0 Å². The van der Waals surface area contributed by atoms with Crippen LogP contribution in [0.1, 0.15) is 34.9 Å². The number of hydrogen-bond acceptors (Lipinski definition) is 4. The zero-order chi connectivity index (χ0) is 14.1. The normalized spacial score (nSPS) is 17.6. The Morgan fingerprint density at radius 1 is 1.50 bits per heavy atom. The maximum atomic E-state index is 12.4. The first-order valence-corrected chi connectivity index (χ1v) is 7.77. The van der Waals surface area contributed by atoms with E-state index in [1.54, 1.807) is 17.4 Å². The quantitative estimate of drug-likeness (QED) is 0.863. The summed E-state index contributed by atoms with van der Waals surface area (Å²) < 4.78 is 0. The Kier molecular flexibility index (Phi) is 3.72. The summed E-state index contributed by atoms with van der Waals surface area (Å²) >= 11 is 7.61. The van der Waals surface area contributed by atoms with Crippen molar-refractivity contribution >= 4 is 34.8 Å². The Balaban J connectivity index is 1.81. The Morgan fingerprint density at radius 2 is 2.35 bits per heavy atom. The van der Waals surface area contributed by atoms with Gasteiger partial charge in [-0.2, -0.15) is 0 Å². The van der Waals surface area contributed by atoms with Crippen molar-refractivity contribution < 1.29 is 4.79 Å². The highest BCUT2D eigenvalue weighted by Crippen LogP contribution is 2.35. The third-order valence-electron chi connectivity index (χ3n) is 3.43. The first-order chi connectivity index (χ1) is 9.63. The van der Waals surface area contributed by atoms with E-state index in [2.05, 4.69) is 20.7 Å². The lowest BCUT2D eigenvalue weighted by atomic mass is 9.87. The highest BCUT2D eigenvalue weighted by atomic mass is 35.5. The number of thiophene rings is 1. The highest BCUT2D eigenvalue weighted by molar-refractivity contribution is 7.10. The maximum Gasteiger partial charge on any atom is 0.234 e. The Hall–Kier alpha value is -1.46. The van der Waals surface area contributed by atoms with E-state index in [4.69, 9.17) is 11.6 Å².